The molecule has 0 bridgehead atoms. The van der Waals surface area contributed by atoms with Crippen LogP contribution in [0.1, 0.15) is 69.8 Å². The van der Waals surface area contributed by atoms with Crippen LogP contribution in [-0.2, 0) is 15.0 Å². The van der Waals surface area contributed by atoms with E-state index >= 15 is 0 Å². The smallest absolute Gasteiger partial charge is 0.300 e. The number of nitrogens with zero attached hydrogens (tertiary/aromatic N) is 1. The van der Waals surface area contributed by atoms with E-state index in [9.17, 15) is 14.7 Å². The number of aryl methyl sites for hydroxylation is 1. The normalized spacial score (nSPS) is 17.1. The van der Waals surface area contributed by atoms with Crippen molar-refractivity contribution in [3.05, 3.63) is 94.6 Å². The number of ketones is 1. The summed E-state index contributed by atoms with van der Waals surface area (Å²) in [6, 6.07) is 19.4. The summed E-state index contributed by atoms with van der Waals surface area (Å²) in [5.41, 5.74) is 3.42. The molecule has 1 aliphatic rings. The lowest BCUT2D eigenvalue weighted by Gasteiger charge is -2.26. The first-order chi connectivity index (χ1) is 18.4. The van der Waals surface area contributed by atoms with Gasteiger partial charge in [-0.15, -0.1) is 0 Å². The van der Waals surface area contributed by atoms with Crippen LogP contribution in [0.3, 0.4) is 0 Å². The number of hydrogen-bond acceptors (Lipinski definition) is 5. The molecule has 1 atom stereocenters. The fourth-order valence-corrected chi connectivity index (χ4v) is 4.80. The van der Waals surface area contributed by atoms with E-state index in [4.69, 9.17) is 9.47 Å². The number of carbonyl (C=O) groups is 2. The number of Topliss-reactive ketones (excluding diaryl/α,β-unsaturated/α-hetero) is 1. The summed E-state index contributed by atoms with van der Waals surface area (Å²) in [6.07, 6.45) is -0.0551. The van der Waals surface area contributed by atoms with Gasteiger partial charge < -0.3 is 14.6 Å². The van der Waals surface area contributed by atoms with Crippen molar-refractivity contribution in [2.75, 3.05) is 11.5 Å². The van der Waals surface area contributed by atoms with Crippen LogP contribution in [-0.4, -0.2) is 29.5 Å². The maximum atomic E-state index is 13.6. The van der Waals surface area contributed by atoms with Crippen molar-refractivity contribution in [3.63, 3.8) is 0 Å². The predicted molar refractivity (Wildman–Crippen MR) is 154 cm³/mol. The standard InChI is InChI=1S/C33H37NO5/c1-8-38-25-16-14-24(15-17-25)34-29(22-10-9-11-26(18-22)39-20(2)3)28(31(36)32(34)37)30(35)27-19-23(33(5,6)7)13-12-21(27)4/h9-20,29,35H,8H2,1-7H3/b30-28+. The number of rotatable bonds is 7. The minimum absolute atomic E-state index is 0.0461. The van der Waals surface area contributed by atoms with E-state index in [-0.39, 0.29) is 22.9 Å². The minimum atomic E-state index is -0.851. The van der Waals surface area contributed by atoms with E-state index < -0.39 is 17.7 Å². The fourth-order valence-electron chi connectivity index (χ4n) is 4.80. The third kappa shape index (κ3) is 5.70. The van der Waals surface area contributed by atoms with Gasteiger partial charge in [-0.05, 0) is 92.3 Å². The summed E-state index contributed by atoms with van der Waals surface area (Å²) in [5.74, 6) is -0.347. The van der Waals surface area contributed by atoms with Gasteiger partial charge in [-0.25, -0.2) is 0 Å². The molecule has 4 rings (SSSR count). The maximum absolute atomic E-state index is 13.6. The summed E-state index contributed by atoms with van der Waals surface area (Å²) >= 11 is 0. The van der Waals surface area contributed by atoms with E-state index in [1.807, 2.05) is 70.2 Å². The molecule has 0 spiro atoms. The zero-order chi connectivity index (χ0) is 28.5. The summed E-state index contributed by atoms with van der Waals surface area (Å²) in [7, 11) is 0. The summed E-state index contributed by atoms with van der Waals surface area (Å²) in [6.45, 7) is 14.4. The van der Waals surface area contributed by atoms with Crippen molar-refractivity contribution in [1.82, 2.24) is 0 Å². The quantitative estimate of drug-likeness (QED) is 0.201. The molecule has 1 aliphatic heterocycles. The van der Waals surface area contributed by atoms with Crippen LogP contribution < -0.4 is 14.4 Å². The van der Waals surface area contributed by atoms with Gasteiger partial charge in [-0.3, -0.25) is 14.5 Å². The Hall–Kier alpha value is -4.06. The number of carbonyl (C=O) groups excluding carboxylic acids is 2. The van der Waals surface area contributed by atoms with Crippen molar-refractivity contribution in [1.29, 1.82) is 0 Å². The third-order valence-corrected chi connectivity index (χ3v) is 6.77. The Morgan fingerprint density at radius 2 is 1.67 bits per heavy atom. The summed E-state index contributed by atoms with van der Waals surface area (Å²) < 4.78 is 11.5. The molecule has 1 fully saturated rings. The van der Waals surface area contributed by atoms with Crippen LogP contribution in [0.5, 0.6) is 11.5 Å². The SMILES string of the molecule is CCOc1ccc(N2C(=O)C(=O)/C(=C(/O)c3cc(C(C)(C)C)ccc3C)C2c2cccc(OC(C)C)c2)cc1. The lowest BCUT2D eigenvalue weighted by molar-refractivity contribution is -0.132. The Bertz CT molecular complexity index is 1410. The van der Waals surface area contributed by atoms with Gasteiger partial charge in [0.15, 0.2) is 0 Å². The second kappa shape index (κ2) is 11.0. The van der Waals surface area contributed by atoms with E-state index in [2.05, 4.69) is 20.8 Å². The van der Waals surface area contributed by atoms with Gasteiger partial charge in [0.2, 0.25) is 0 Å². The Labute approximate surface area is 230 Å². The molecule has 0 radical (unpaired) electrons. The highest BCUT2D eigenvalue weighted by Gasteiger charge is 2.47. The van der Waals surface area contributed by atoms with E-state index in [0.29, 0.717) is 34.9 Å². The molecule has 0 aliphatic carbocycles. The molecular formula is C33H37NO5. The van der Waals surface area contributed by atoms with E-state index in [1.54, 1.807) is 24.3 Å². The molecule has 1 heterocycles. The average Bonchev–Trinajstić information content (AvgIpc) is 3.14. The fraction of sp³-hybridized carbons (Fsp3) is 0.333. The monoisotopic (exact) mass is 527 g/mol. The maximum Gasteiger partial charge on any atom is 0.300 e. The largest absolute Gasteiger partial charge is 0.507 e. The topological polar surface area (TPSA) is 76.1 Å². The van der Waals surface area contributed by atoms with Crippen molar-refractivity contribution in [2.45, 2.75) is 66.0 Å². The number of ether oxygens (including phenoxy) is 2. The zero-order valence-corrected chi connectivity index (χ0v) is 23.7. The van der Waals surface area contributed by atoms with Crippen LogP contribution >= 0.6 is 0 Å². The van der Waals surface area contributed by atoms with E-state index in [0.717, 1.165) is 11.1 Å². The van der Waals surface area contributed by atoms with Crippen molar-refractivity contribution >= 4 is 23.1 Å². The Kier molecular flexibility index (Phi) is 7.86. The number of amides is 1. The Morgan fingerprint density at radius 1 is 0.974 bits per heavy atom. The minimum Gasteiger partial charge on any atom is -0.507 e. The van der Waals surface area contributed by atoms with Crippen LogP contribution in [0, 0.1) is 6.92 Å². The van der Waals surface area contributed by atoms with Crippen LogP contribution in [0.2, 0.25) is 0 Å². The second-order valence-corrected chi connectivity index (χ2v) is 11.1. The molecular weight excluding hydrogens is 490 g/mol. The highest BCUT2D eigenvalue weighted by Crippen LogP contribution is 2.44. The molecule has 1 N–H and O–H groups in total. The van der Waals surface area contributed by atoms with Gasteiger partial charge in [-0.2, -0.15) is 0 Å². The first kappa shape index (κ1) is 28.0. The lowest BCUT2D eigenvalue weighted by Crippen LogP contribution is -2.29. The summed E-state index contributed by atoms with van der Waals surface area (Å²) in [4.78, 5) is 28.7. The molecule has 3 aromatic rings. The predicted octanol–water partition coefficient (Wildman–Crippen LogP) is 7.10. The molecule has 1 saturated heterocycles. The van der Waals surface area contributed by atoms with Gasteiger partial charge in [0.05, 0.1) is 24.3 Å². The molecule has 6 heteroatoms. The van der Waals surface area contributed by atoms with Gasteiger partial charge in [0.25, 0.3) is 11.7 Å². The molecule has 3 aromatic carbocycles. The van der Waals surface area contributed by atoms with Crippen molar-refractivity contribution in [2.24, 2.45) is 0 Å². The van der Waals surface area contributed by atoms with E-state index in [1.165, 1.54) is 4.90 Å². The van der Waals surface area contributed by atoms with Crippen LogP contribution in [0.25, 0.3) is 5.76 Å². The molecule has 204 valence electrons. The first-order valence-electron chi connectivity index (χ1n) is 13.3. The second-order valence-electron chi connectivity index (χ2n) is 11.1. The Balaban J connectivity index is 1.94. The van der Waals surface area contributed by atoms with Crippen LogP contribution in [0.15, 0.2) is 72.3 Å². The first-order valence-corrected chi connectivity index (χ1v) is 13.3. The number of hydrogen-bond donors (Lipinski definition) is 1. The molecule has 0 saturated carbocycles. The molecule has 6 nitrogen and oxygen atoms in total. The van der Waals surface area contributed by atoms with Crippen molar-refractivity contribution in [3.8, 4) is 11.5 Å². The highest BCUT2D eigenvalue weighted by molar-refractivity contribution is 6.51. The molecule has 1 unspecified atom stereocenters. The number of aliphatic hydroxyl groups excluding tert-OH is 1. The van der Waals surface area contributed by atoms with Gasteiger partial charge in [0, 0.05) is 11.3 Å². The van der Waals surface area contributed by atoms with Gasteiger partial charge in [-0.1, -0.05) is 45.0 Å². The highest BCUT2D eigenvalue weighted by atomic mass is 16.5. The van der Waals surface area contributed by atoms with Crippen molar-refractivity contribution < 1.29 is 24.2 Å². The van der Waals surface area contributed by atoms with Gasteiger partial charge in [0.1, 0.15) is 17.3 Å². The van der Waals surface area contributed by atoms with Crippen LogP contribution in [0.4, 0.5) is 5.69 Å². The summed E-state index contributed by atoms with van der Waals surface area (Å²) in [5, 5.41) is 11.7. The third-order valence-electron chi connectivity index (χ3n) is 6.77. The molecule has 39 heavy (non-hydrogen) atoms. The molecule has 1 amide bonds. The Morgan fingerprint density at radius 3 is 2.28 bits per heavy atom. The average molecular weight is 528 g/mol. The molecule has 0 aromatic heterocycles. The van der Waals surface area contributed by atoms with Gasteiger partial charge >= 0.3 is 0 Å². The lowest BCUT2D eigenvalue weighted by atomic mass is 9.84. The zero-order valence-electron chi connectivity index (χ0n) is 23.7. The number of aliphatic hydroxyl groups is 1. The number of benzene rings is 3. The number of anilines is 1.